The molecule has 0 spiro atoms. The fourth-order valence-corrected chi connectivity index (χ4v) is 4.10. The van der Waals surface area contributed by atoms with Crippen LogP contribution in [0, 0.1) is 0 Å². The minimum atomic E-state index is -0.856. The zero-order valence-corrected chi connectivity index (χ0v) is 15.0. The molecule has 1 saturated heterocycles. The number of hydrogen-bond donors (Lipinski definition) is 1. The first-order valence-electron chi connectivity index (χ1n) is 8.13. The van der Waals surface area contributed by atoms with E-state index in [2.05, 4.69) is 15.9 Å². The van der Waals surface area contributed by atoms with Crippen molar-refractivity contribution in [1.29, 1.82) is 0 Å². The number of aromatic hydroxyl groups is 1. The van der Waals surface area contributed by atoms with Crippen molar-refractivity contribution in [2.75, 3.05) is 0 Å². The summed E-state index contributed by atoms with van der Waals surface area (Å²) < 4.78 is 11.5. The normalized spacial score (nSPS) is 27.8. The van der Waals surface area contributed by atoms with Crippen LogP contribution < -0.4 is 0 Å². The zero-order chi connectivity index (χ0) is 17.9. The van der Waals surface area contributed by atoms with Gasteiger partial charge in [0.05, 0.1) is 28.1 Å². The highest BCUT2D eigenvalue weighted by atomic mass is 79.9. The summed E-state index contributed by atoms with van der Waals surface area (Å²) in [5.41, 5.74) is 0.525. The number of hydrogen-bond acceptors (Lipinski definition) is 6. The van der Waals surface area contributed by atoms with E-state index in [1.165, 1.54) is 12.1 Å². The Balaban J connectivity index is 1.93. The molecule has 25 heavy (non-hydrogen) atoms. The summed E-state index contributed by atoms with van der Waals surface area (Å²) in [6.07, 6.45) is -0.636. The molecule has 6 nitrogen and oxygen atoms in total. The Morgan fingerprint density at radius 1 is 1.20 bits per heavy atom. The summed E-state index contributed by atoms with van der Waals surface area (Å²) in [5.74, 6) is -1.53. The first-order valence-corrected chi connectivity index (χ1v) is 8.93. The minimum Gasteiger partial charge on any atom is -0.506 e. The quantitative estimate of drug-likeness (QED) is 0.759. The lowest BCUT2D eigenvalue weighted by Gasteiger charge is -2.36. The van der Waals surface area contributed by atoms with Crippen LogP contribution in [-0.2, 0) is 14.3 Å². The van der Waals surface area contributed by atoms with Crippen LogP contribution in [0.2, 0.25) is 0 Å². The molecule has 4 rings (SSSR count). The molecule has 2 aliphatic heterocycles. The SMILES string of the molecule is CCC[C@@H]1O[C@@H]2CC(=O)O[C@@H]2C2=C1C(=O)c1c(ccc(Br)c1O)C2=O. The fraction of sp³-hybridized carbons (Fsp3) is 0.389. The van der Waals surface area contributed by atoms with Gasteiger partial charge in [-0.15, -0.1) is 0 Å². The van der Waals surface area contributed by atoms with Crippen LogP contribution in [0.3, 0.4) is 0 Å². The van der Waals surface area contributed by atoms with Crippen LogP contribution >= 0.6 is 15.9 Å². The van der Waals surface area contributed by atoms with E-state index in [0.29, 0.717) is 10.9 Å². The van der Waals surface area contributed by atoms with Gasteiger partial charge in [-0.3, -0.25) is 14.4 Å². The lowest BCUT2D eigenvalue weighted by molar-refractivity contribution is -0.140. The minimum absolute atomic E-state index is 0.0226. The van der Waals surface area contributed by atoms with E-state index in [9.17, 15) is 19.5 Å². The second kappa shape index (κ2) is 5.78. The third-order valence-corrected chi connectivity index (χ3v) is 5.48. The van der Waals surface area contributed by atoms with Gasteiger partial charge in [-0.05, 0) is 34.5 Å². The molecule has 1 fully saturated rings. The van der Waals surface area contributed by atoms with Crippen LogP contribution in [0.15, 0.2) is 27.8 Å². The summed E-state index contributed by atoms with van der Waals surface area (Å²) in [7, 11) is 0. The van der Waals surface area contributed by atoms with E-state index in [-0.39, 0.29) is 40.2 Å². The molecule has 3 aliphatic rings. The molecule has 1 N–H and O–H groups in total. The standard InChI is InChI=1S/C18H15BrO6/c1-2-3-9-13-14(18-10(24-9)6-11(20)25-18)15(21)7-4-5-8(19)16(22)12(7)17(13)23/h4-5,9-10,18,22H,2-3,6H2,1H3/t9-,10+,18-/m0/s1. The number of carbonyl (C=O) groups is 3. The van der Waals surface area contributed by atoms with Crippen molar-refractivity contribution in [2.45, 2.75) is 44.5 Å². The van der Waals surface area contributed by atoms with Crippen molar-refractivity contribution >= 4 is 33.5 Å². The van der Waals surface area contributed by atoms with Gasteiger partial charge in [0, 0.05) is 11.1 Å². The zero-order valence-electron chi connectivity index (χ0n) is 13.4. The maximum Gasteiger partial charge on any atom is 0.309 e. The Labute approximate surface area is 151 Å². The summed E-state index contributed by atoms with van der Waals surface area (Å²) in [5, 5.41) is 10.3. The highest BCUT2D eigenvalue weighted by Crippen LogP contribution is 2.44. The number of rotatable bonds is 2. The van der Waals surface area contributed by atoms with Crippen LogP contribution in [0.1, 0.15) is 46.9 Å². The smallest absolute Gasteiger partial charge is 0.309 e. The van der Waals surface area contributed by atoms with E-state index in [1.54, 1.807) is 0 Å². The molecule has 1 aromatic rings. The average Bonchev–Trinajstić information content (AvgIpc) is 2.94. The van der Waals surface area contributed by atoms with Gasteiger partial charge in [0.1, 0.15) is 11.9 Å². The van der Waals surface area contributed by atoms with Gasteiger partial charge < -0.3 is 14.6 Å². The first-order chi connectivity index (χ1) is 11.9. The van der Waals surface area contributed by atoms with Crippen LogP contribution in [0.4, 0.5) is 0 Å². The summed E-state index contributed by atoms with van der Waals surface area (Å²) in [6.45, 7) is 1.95. The van der Waals surface area contributed by atoms with Crippen molar-refractivity contribution in [3.8, 4) is 5.75 Å². The monoisotopic (exact) mass is 406 g/mol. The van der Waals surface area contributed by atoms with E-state index < -0.39 is 30.1 Å². The molecule has 130 valence electrons. The van der Waals surface area contributed by atoms with E-state index >= 15 is 0 Å². The highest BCUT2D eigenvalue weighted by Gasteiger charge is 2.52. The number of Topliss-reactive ketones (excluding diaryl/α,β-unsaturated/α-hetero) is 2. The van der Waals surface area contributed by atoms with E-state index in [4.69, 9.17) is 9.47 Å². The molecule has 2 heterocycles. The molecule has 0 radical (unpaired) electrons. The second-order valence-electron chi connectivity index (χ2n) is 6.37. The number of benzene rings is 1. The Morgan fingerprint density at radius 2 is 1.96 bits per heavy atom. The molecule has 0 aromatic heterocycles. The molecule has 3 atom stereocenters. The van der Waals surface area contributed by atoms with Gasteiger partial charge in [-0.1, -0.05) is 13.3 Å². The Morgan fingerprint density at radius 3 is 2.68 bits per heavy atom. The number of halogens is 1. The number of esters is 1. The highest BCUT2D eigenvalue weighted by molar-refractivity contribution is 9.10. The summed E-state index contributed by atoms with van der Waals surface area (Å²) >= 11 is 3.18. The Hall–Kier alpha value is -1.99. The largest absolute Gasteiger partial charge is 0.506 e. The van der Waals surface area contributed by atoms with Crippen molar-refractivity contribution < 1.29 is 29.0 Å². The number of fused-ring (bicyclic) bond motifs is 3. The number of carbonyl (C=O) groups excluding carboxylic acids is 3. The van der Waals surface area contributed by atoms with Crippen LogP contribution in [0.25, 0.3) is 0 Å². The molecule has 0 unspecified atom stereocenters. The van der Waals surface area contributed by atoms with Gasteiger partial charge in [0.2, 0.25) is 0 Å². The molecule has 7 heteroatoms. The molecular formula is C18H15BrO6. The predicted molar refractivity (Wildman–Crippen MR) is 89.6 cm³/mol. The first kappa shape index (κ1) is 16.5. The Kier molecular flexibility index (Phi) is 3.81. The van der Waals surface area contributed by atoms with Gasteiger partial charge in [0.15, 0.2) is 17.7 Å². The van der Waals surface area contributed by atoms with Gasteiger partial charge >= 0.3 is 5.97 Å². The van der Waals surface area contributed by atoms with Gasteiger partial charge in [-0.25, -0.2) is 0 Å². The van der Waals surface area contributed by atoms with E-state index in [1.807, 2.05) is 6.92 Å². The average molecular weight is 407 g/mol. The second-order valence-corrected chi connectivity index (χ2v) is 7.22. The van der Waals surface area contributed by atoms with Crippen molar-refractivity contribution in [3.05, 3.63) is 38.9 Å². The Bertz CT molecular complexity index is 855. The molecule has 1 aliphatic carbocycles. The number of phenolic OH excluding ortho intramolecular Hbond substituents is 1. The third-order valence-electron chi connectivity index (χ3n) is 4.84. The summed E-state index contributed by atoms with van der Waals surface area (Å²) in [6, 6.07) is 3.02. The molecule has 0 saturated carbocycles. The van der Waals surface area contributed by atoms with Crippen molar-refractivity contribution in [3.63, 3.8) is 0 Å². The number of ether oxygens (including phenoxy) is 2. The van der Waals surface area contributed by atoms with Crippen LogP contribution in [0.5, 0.6) is 5.75 Å². The number of phenols is 1. The van der Waals surface area contributed by atoms with Crippen molar-refractivity contribution in [2.24, 2.45) is 0 Å². The maximum absolute atomic E-state index is 13.1. The maximum atomic E-state index is 13.1. The van der Waals surface area contributed by atoms with Gasteiger partial charge in [0.25, 0.3) is 0 Å². The fourth-order valence-electron chi connectivity index (χ4n) is 3.77. The molecular weight excluding hydrogens is 392 g/mol. The lowest BCUT2D eigenvalue weighted by Crippen LogP contribution is -2.45. The molecule has 1 aromatic carbocycles. The summed E-state index contributed by atoms with van der Waals surface area (Å²) in [4.78, 5) is 37.9. The predicted octanol–water partition coefficient (Wildman–Crippen LogP) is 2.71. The number of ketones is 2. The van der Waals surface area contributed by atoms with Crippen LogP contribution in [-0.4, -0.2) is 41.0 Å². The third kappa shape index (κ3) is 2.29. The molecule has 0 amide bonds. The topological polar surface area (TPSA) is 89.9 Å². The van der Waals surface area contributed by atoms with E-state index in [0.717, 1.165) is 6.42 Å². The molecule has 0 bridgehead atoms. The van der Waals surface area contributed by atoms with Crippen molar-refractivity contribution in [1.82, 2.24) is 0 Å². The lowest BCUT2D eigenvalue weighted by atomic mass is 9.76. The van der Waals surface area contributed by atoms with Gasteiger partial charge in [-0.2, -0.15) is 0 Å².